The second kappa shape index (κ2) is 6.37. The maximum atomic E-state index is 12.7. The highest BCUT2D eigenvalue weighted by atomic mass is 35.5. The van der Waals surface area contributed by atoms with Crippen LogP contribution in [0, 0.1) is 6.92 Å². The molecule has 2 rings (SSSR count). The van der Waals surface area contributed by atoms with E-state index in [0.29, 0.717) is 0 Å². The zero-order valence-corrected chi connectivity index (χ0v) is 15.2. The van der Waals surface area contributed by atoms with E-state index in [2.05, 4.69) is 5.10 Å². The predicted molar refractivity (Wildman–Crippen MR) is 88.1 cm³/mol. The molecule has 0 N–H and O–H groups in total. The van der Waals surface area contributed by atoms with Crippen molar-refractivity contribution in [2.45, 2.75) is 18.4 Å². The van der Waals surface area contributed by atoms with Crippen LogP contribution in [0.5, 0.6) is 0 Å². The molecule has 1 aromatic carbocycles. The number of hydrogen-bond donors (Lipinski definition) is 0. The Hall–Kier alpha value is -0.790. The Balaban J connectivity index is 2.38. The fourth-order valence-corrected chi connectivity index (χ4v) is 4.02. The maximum absolute atomic E-state index is 12.7. The lowest BCUT2D eigenvalue weighted by Gasteiger charge is -2.18. The lowest BCUT2D eigenvalue weighted by atomic mass is 10.3. The van der Waals surface area contributed by atoms with Crippen molar-refractivity contribution in [1.29, 1.82) is 0 Å². The lowest BCUT2D eigenvalue weighted by Crippen LogP contribution is -2.27. The van der Waals surface area contributed by atoms with Gasteiger partial charge < -0.3 is 0 Å². The number of hydrogen-bond acceptors (Lipinski definition) is 3. The summed E-state index contributed by atoms with van der Waals surface area (Å²) in [4.78, 5) is -0.0763. The van der Waals surface area contributed by atoms with Gasteiger partial charge in [-0.3, -0.25) is 4.68 Å². The largest absolute Gasteiger partial charge is 0.273 e. The number of aromatic nitrogens is 2. The highest BCUT2D eigenvalue weighted by molar-refractivity contribution is 7.89. The minimum atomic E-state index is -3.79. The Labute approximate surface area is 144 Å². The van der Waals surface area contributed by atoms with E-state index in [9.17, 15) is 8.42 Å². The summed E-state index contributed by atoms with van der Waals surface area (Å²) in [5.74, 6) is 0. The first-order chi connectivity index (χ1) is 10.1. The average molecular weight is 383 g/mol. The van der Waals surface area contributed by atoms with Crippen LogP contribution in [0.2, 0.25) is 15.1 Å². The SMILES string of the molecule is Cc1c(CN(C)S(=O)(=O)c2cc(Cl)c(Cl)cc2Cl)cnn1C. The first-order valence-corrected chi connectivity index (χ1v) is 8.80. The molecule has 0 spiro atoms. The Morgan fingerprint density at radius 2 is 1.77 bits per heavy atom. The lowest BCUT2D eigenvalue weighted by molar-refractivity contribution is 0.465. The van der Waals surface area contributed by atoms with E-state index in [-0.39, 0.29) is 26.5 Å². The van der Waals surface area contributed by atoms with Gasteiger partial charge in [0.05, 0.1) is 21.3 Å². The number of sulfonamides is 1. The summed E-state index contributed by atoms with van der Waals surface area (Å²) in [7, 11) is -0.526. The van der Waals surface area contributed by atoms with Crippen LogP contribution >= 0.6 is 34.8 Å². The highest BCUT2D eigenvalue weighted by Gasteiger charge is 2.25. The molecule has 120 valence electrons. The molecular formula is C13H14Cl3N3O2S. The summed E-state index contributed by atoms with van der Waals surface area (Å²) >= 11 is 17.7. The number of benzene rings is 1. The first kappa shape index (κ1) is 17.6. The van der Waals surface area contributed by atoms with Gasteiger partial charge >= 0.3 is 0 Å². The summed E-state index contributed by atoms with van der Waals surface area (Å²) in [5, 5.41) is 4.47. The topological polar surface area (TPSA) is 55.2 Å². The van der Waals surface area contributed by atoms with Crippen molar-refractivity contribution < 1.29 is 8.42 Å². The maximum Gasteiger partial charge on any atom is 0.244 e. The predicted octanol–water partition coefficient (Wildman–Crippen LogP) is 3.51. The van der Waals surface area contributed by atoms with Crippen LogP contribution in [0.25, 0.3) is 0 Å². The minimum Gasteiger partial charge on any atom is -0.273 e. The zero-order valence-electron chi connectivity index (χ0n) is 12.1. The first-order valence-electron chi connectivity index (χ1n) is 6.23. The molecule has 0 saturated heterocycles. The second-order valence-electron chi connectivity index (χ2n) is 4.84. The van der Waals surface area contributed by atoms with Gasteiger partial charge in [0.1, 0.15) is 4.90 Å². The molecule has 0 unspecified atom stereocenters. The van der Waals surface area contributed by atoms with E-state index in [1.165, 1.54) is 23.5 Å². The molecule has 0 amide bonds. The quantitative estimate of drug-likeness (QED) is 0.760. The van der Waals surface area contributed by atoms with E-state index in [4.69, 9.17) is 34.8 Å². The summed E-state index contributed by atoms with van der Waals surface area (Å²) in [5.41, 5.74) is 1.70. The summed E-state index contributed by atoms with van der Waals surface area (Å²) in [6.45, 7) is 2.05. The van der Waals surface area contributed by atoms with Crippen LogP contribution in [0.15, 0.2) is 23.2 Å². The van der Waals surface area contributed by atoms with Crippen molar-refractivity contribution in [3.8, 4) is 0 Å². The van der Waals surface area contributed by atoms with Gasteiger partial charge in [-0.15, -0.1) is 0 Å². The van der Waals surface area contributed by atoms with Gasteiger partial charge in [0.25, 0.3) is 0 Å². The average Bonchev–Trinajstić information content (AvgIpc) is 2.74. The molecule has 0 saturated carbocycles. The third-order valence-electron chi connectivity index (χ3n) is 3.39. The van der Waals surface area contributed by atoms with E-state index >= 15 is 0 Å². The molecular weight excluding hydrogens is 369 g/mol. The fraction of sp³-hybridized carbons (Fsp3) is 0.308. The Kier molecular flexibility index (Phi) is 5.09. The molecule has 5 nitrogen and oxygen atoms in total. The molecule has 0 fully saturated rings. The van der Waals surface area contributed by atoms with Crippen molar-refractivity contribution in [1.82, 2.24) is 14.1 Å². The van der Waals surface area contributed by atoms with Crippen molar-refractivity contribution in [3.05, 3.63) is 44.7 Å². The monoisotopic (exact) mass is 381 g/mol. The van der Waals surface area contributed by atoms with Crippen molar-refractivity contribution in [3.63, 3.8) is 0 Å². The Morgan fingerprint density at radius 1 is 1.18 bits per heavy atom. The van der Waals surface area contributed by atoms with Crippen LogP contribution in [0.3, 0.4) is 0 Å². The molecule has 22 heavy (non-hydrogen) atoms. The van der Waals surface area contributed by atoms with Gasteiger partial charge in [-0.25, -0.2) is 8.42 Å². The molecule has 2 aromatic rings. The van der Waals surface area contributed by atoms with Gasteiger partial charge in [0.2, 0.25) is 10.0 Å². The summed E-state index contributed by atoms with van der Waals surface area (Å²) < 4.78 is 28.2. The minimum absolute atomic E-state index is 0.0316. The van der Waals surface area contributed by atoms with Crippen LogP contribution in [-0.4, -0.2) is 29.6 Å². The van der Waals surface area contributed by atoms with Gasteiger partial charge in [0.15, 0.2) is 0 Å². The molecule has 0 aliphatic heterocycles. The van der Waals surface area contributed by atoms with E-state index in [0.717, 1.165) is 11.3 Å². The van der Waals surface area contributed by atoms with Crippen molar-refractivity contribution >= 4 is 44.8 Å². The van der Waals surface area contributed by atoms with Gasteiger partial charge in [-0.05, 0) is 19.1 Å². The zero-order chi connectivity index (χ0) is 16.7. The van der Waals surface area contributed by atoms with Crippen molar-refractivity contribution in [2.75, 3.05) is 7.05 Å². The molecule has 0 radical (unpaired) electrons. The third-order valence-corrected chi connectivity index (χ3v) is 6.38. The molecule has 0 atom stereocenters. The number of aryl methyl sites for hydroxylation is 1. The van der Waals surface area contributed by atoms with Crippen LogP contribution < -0.4 is 0 Å². The fourth-order valence-electron chi connectivity index (χ4n) is 1.89. The van der Waals surface area contributed by atoms with Gasteiger partial charge in [-0.2, -0.15) is 9.40 Å². The van der Waals surface area contributed by atoms with E-state index < -0.39 is 10.0 Å². The van der Waals surface area contributed by atoms with Crippen LogP contribution in [0.4, 0.5) is 0 Å². The van der Waals surface area contributed by atoms with Crippen LogP contribution in [-0.2, 0) is 23.6 Å². The van der Waals surface area contributed by atoms with Crippen molar-refractivity contribution in [2.24, 2.45) is 7.05 Å². The van der Waals surface area contributed by atoms with Crippen LogP contribution in [0.1, 0.15) is 11.3 Å². The highest BCUT2D eigenvalue weighted by Crippen LogP contribution is 2.33. The smallest absolute Gasteiger partial charge is 0.244 e. The van der Waals surface area contributed by atoms with E-state index in [1.807, 2.05) is 6.92 Å². The number of halogens is 3. The summed E-state index contributed by atoms with van der Waals surface area (Å²) in [6, 6.07) is 2.58. The van der Waals surface area contributed by atoms with E-state index in [1.54, 1.807) is 17.9 Å². The van der Waals surface area contributed by atoms with Gasteiger partial charge in [0, 0.05) is 31.9 Å². The summed E-state index contributed by atoms with van der Waals surface area (Å²) in [6.07, 6.45) is 1.64. The number of nitrogens with zero attached hydrogens (tertiary/aromatic N) is 3. The standard InChI is InChI=1S/C13H14Cl3N3O2S/c1-8-9(6-17-19(8)3)7-18(2)22(20,21)13-5-11(15)10(14)4-12(13)16/h4-6H,7H2,1-3H3. The third kappa shape index (κ3) is 3.26. The molecule has 1 aromatic heterocycles. The molecule has 0 aliphatic rings. The Morgan fingerprint density at radius 3 is 2.32 bits per heavy atom. The second-order valence-corrected chi connectivity index (χ2v) is 8.07. The molecule has 0 aliphatic carbocycles. The Bertz CT molecular complexity index is 818. The number of rotatable bonds is 4. The molecule has 1 heterocycles. The van der Waals surface area contributed by atoms with Gasteiger partial charge in [-0.1, -0.05) is 34.8 Å². The molecule has 0 bridgehead atoms. The molecule has 9 heteroatoms. The normalized spacial score (nSPS) is 12.1.